The van der Waals surface area contributed by atoms with Gasteiger partial charge in [-0.15, -0.1) is 0 Å². The number of halogens is 1. The van der Waals surface area contributed by atoms with Crippen molar-refractivity contribution in [3.05, 3.63) is 34.3 Å². The number of rotatable bonds is 8. The number of hydrogen-bond acceptors (Lipinski definition) is 3. The normalized spacial score (nSPS) is 14.3. The molecule has 0 aliphatic carbocycles. The topological polar surface area (TPSA) is 95.5 Å². The summed E-state index contributed by atoms with van der Waals surface area (Å²) < 4.78 is 0.889. The van der Waals surface area contributed by atoms with E-state index in [9.17, 15) is 19.5 Å². The molecule has 3 N–H and O–H groups in total. The molecule has 0 aliphatic heterocycles. The molecule has 0 saturated heterocycles. The van der Waals surface area contributed by atoms with Crippen molar-refractivity contribution in [2.75, 3.05) is 0 Å². The molecule has 24 heavy (non-hydrogen) atoms. The molecule has 3 atom stereocenters. The molecule has 0 bridgehead atoms. The highest BCUT2D eigenvalue weighted by atomic mass is 79.9. The van der Waals surface area contributed by atoms with Crippen LogP contribution in [0.4, 0.5) is 0 Å². The average Bonchev–Trinajstić information content (AvgIpc) is 2.51. The van der Waals surface area contributed by atoms with E-state index in [1.165, 1.54) is 6.92 Å². The summed E-state index contributed by atoms with van der Waals surface area (Å²) in [6, 6.07) is 5.80. The minimum Gasteiger partial charge on any atom is -0.480 e. The quantitative estimate of drug-likeness (QED) is 0.626. The zero-order chi connectivity index (χ0) is 18.3. The van der Waals surface area contributed by atoms with Crippen molar-refractivity contribution in [2.24, 2.45) is 5.92 Å². The van der Waals surface area contributed by atoms with Gasteiger partial charge in [0.15, 0.2) is 0 Å². The van der Waals surface area contributed by atoms with Crippen molar-refractivity contribution in [2.45, 2.75) is 45.7 Å². The van der Waals surface area contributed by atoms with Crippen LogP contribution in [0.15, 0.2) is 28.7 Å². The van der Waals surface area contributed by atoms with Gasteiger partial charge in [0, 0.05) is 11.4 Å². The zero-order valence-corrected chi connectivity index (χ0v) is 15.6. The maximum atomic E-state index is 12.3. The maximum absolute atomic E-state index is 12.3. The molecule has 0 radical (unpaired) electrons. The summed E-state index contributed by atoms with van der Waals surface area (Å²) >= 11 is 3.34. The number of benzene rings is 1. The third-order valence-electron chi connectivity index (χ3n) is 3.83. The van der Waals surface area contributed by atoms with Crippen molar-refractivity contribution in [1.82, 2.24) is 10.6 Å². The van der Waals surface area contributed by atoms with E-state index in [0.717, 1.165) is 10.0 Å². The first-order valence-electron chi connectivity index (χ1n) is 7.79. The number of aliphatic carboxylic acids is 1. The second kappa shape index (κ2) is 9.42. The second-order valence-electron chi connectivity index (χ2n) is 5.78. The molecule has 0 aromatic heterocycles. The van der Waals surface area contributed by atoms with Gasteiger partial charge in [-0.3, -0.25) is 9.59 Å². The summed E-state index contributed by atoms with van der Waals surface area (Å²) in [7, 11) is 0. The van der Waals surface area contributed by atoms with Gasteiger partial charge < -0.3 is 15.7 Å². The lowest BCUT2D eigenvalue weighted by Crippen LogP contribution is -2.46. The van der Waals surface area contributed by atoms with Crippen molar-refractivity contribution < 1.29 is 19.5 Å². The Kier molecular flexibility index (Phi) is 7.91. The lowest BCUT2D eigenvalue weighted by molar-refractivity contribution is -0.143. The fraction of sp³-hybridized carbons (Fsp3) is 0.471. The highest BCUT2D eigenvalue weighted by Gasteiger charge is 2.26. The van der Waals surface area contributed by atoms with E-state index in [2.05, 4.69) is 26.6 Å². The van der Waals surface area contributed by atoms with Crippen molar-refractivity contribution in [3.63, 3.8) is 0 Å². The van der Waals surface area contributed by atoms with Gasteiger partial charge in [-0.1, -0.05) is 48.3 Å². The first-order valence-corrected chi connectivity index (χ1v) is 8.58. The first kappa shape index (κ1) is 20.2. The summed E-state index contributed by atoms with van der Waals surface area (Å²) in [5.41, 5.74) is 0.777. The summed E-state index contributed by atoms with van der Waals surface area (Å²) in [6.07, 6.45) is 0.612. The van der Waals surface area contributed by atoms with Gasteiger partial charge in [0.1, 0.15) is 6.04 Å². The van der Waals surface area contributed by atoms with Gasteiger partial charge in [-0.2, -0.15) is 0 Å². The lowest BCUT2D eigenvalue weighted by Gasteiger charge is -2.23. The molecule has 0 spiro atoms. The number of carboxylic acid groups (broad SMARTS) is 1. The van der Waals surface area contributed by atoms with Gasteiger partial charge >= 0.3 is 5.97 Å². The molecule has 1 rings (SSSR count). The smallest absolute Gasteiger partial charge is 0.326 e. The Bertz CT molecular complexity index is 589. The predicted octanol–water partition coefficient (Wildman–Crippen LogP) is 2.63. The molecule has 1 aromatic rings. The van der Waals surface area contributed by atoms with E-state index < -0.39 is 24.0 Å². The molecule has 6 nitrogen and oxygen atoms in total. The molecular weight excluding hydrogens is 376 g/mol. The fourth-order valence-corrected chi connectivity index (χ4v) is 2.56. The van der Waals surface area contributed by atoms with E-state index in [-0.39, 0.29) is 18.2 Å². The van der Waals surface area contributed by atoms with Crippen LogP contribution < -0.4 is 10.6 Å². The Morgan fingerprint density at radius 2 is 1.75 bits per heavy atom. The Labute approximate surface area is 150 Å². The minimum absolute atomic E-state index is 0.0264. The van der Waals surface area contributed by atoms with Crippen LogP contribution in [0.3, 0.4) is 0 Å². The highest BCUT2D eigenvalue weighted by molar-refractivity contribution is 9.10. The fourth-order valence-electron chi connectivity index (χ4n) is 2.29. The summed E-state index contributed by atoms with van der Waals surface area (Å²) in [5.74, 6) is -1.91. The Hall–Kier alpha value is -1.89. The van der Waals surface area contributed by atoms with Crippen molar-refractivity contribution >= 4 is 33.7 Å². The molecule has 0 aliphatic rings. The van der Waals surface area contributed by atoms with Gasteiger partial charge in [0.05, 0.1) is 12.5 Å². The minimum atomic E-state index is -1.06. The molecule has 3 unspecified atom stereocenters. The van der Waals surface area contributed by atoms with E-state index in [1.807, 2.05) is 19.1 Å². The average molecular weight is 399 g/mol. The van der Waals surface area contributed by atoms with Crippen LogP contribution in [0.25, 0.3) is 0 Å². The Morgan fingerprint density at radius 1 is 1.17 bits per heavy atom. The molecule has 0 heterocycles. The SMILES string of the molecule is CCC(C)C(NC(=O)CC(NC(C)=O)c1ccc(Br)cc1)C(=O)O. The number of carbonyl (C=O) groups excluding carboxylic acids is 2. The van der Waals surface area contributed by atoms with E-state index in [4.69, 9.17) is 0 Å². The highest BCUT2D eigenvalue weighted by Crippen LogP contribution is 2.20. The summed E-state index contributed by atoms with van der Waals surface area (Å²) in [4.78, 5) is 35.0. The van der Waals surface area contributed by atoms with Gasteiger partial charge in [-0.05, 0) is 23.6 Å². The second-order valence-corrected chi connectivity index (χ2v) is 6.69. The molecule has 1 aromatic carbocycles. The summed E-state index contributed by atoms with van der Waals surface area (Å²) in [6.45, 7) is 5.02. The van der Waals surface area contributed by atoms with Crippen LogP contribution in [0, 0.1) is 5.92 Å². The molecule has 2 amide bonds. The van der Waals surface area contributed by atoms with Crippen LogP contribution in [-0.2, 0) is 14.4 Å². The maximum Gasteiger partial charge on any atom is 0.326 e. The van der Waals surface area contributed by atoms with Crippen molar-refractivity contribution in [3.8, 4) is 0 Å². The molecule has 7 heteroatoms. The van der Waals surface area contributed by atoms with Gasteiger partial charge in [-0.25, -0.2) is 4.79 Å². The summed E-state index contributed by atoms with van der Waals surface area (Å²) in [5, 5.41) is 14.5. The van der Waals surface area contributed by atoms with Crippen LogP contribution >= 0.6 is 15.9 Å². The molecule has 132 valence electrons. The third kappa shape index (κ3) is 6.31. The van der Waals surface area contributed by atoms with E-state index >= 15 is 0 Å². The van der Waals surface area contributed by atoms with Crippen LogP contribution in [0.5, 0.6) is 0 Å². The van der Waals surface area contributed by atoms with Crippen LogP contribution in [-0.4, -0.2) is 28.9 Å². The number of carboxylic acids is 1. The Morgan fingerprint density at radius 3 is 2.21 bits per heavy atom. The number of nitrogens with one attached hydrogen (secondary N) is 2. The first-order chi connectivity index (χ1) is 11.2. The third-order valence-corrected chi connectivity index (χ3v) is 4.36. The molecular formula is C17H23BrN2O4. The Balaban J connectivity index is 2.85. The largest absolute Gasteiger partial charge is 0.480 e. The standard InChI is InChI=1S/C17H23BrN2O4/c1-4-10(2)16(17(23)24)20-15(22)9-14(19-11(3)21)12-5-7-13(18)8-6-12/h5-8,10,14,16H,4,9H2,1-3H3,(H,19,21)(H,20,22)(H,23,24). The van der Waals surface area contributed by atoms with Gasteiger partial charge in [0.2, 0.25) is 11.8 Å². The lowest BCUT2D eigenvalue weighted by atomic mass is 9.98. The van der Waals surface area contributed by atoms with Crippen LogP contribution in [0.1, 0.15) is 45.2 Å². The molecule has 0 fully saturated rings. The number of carbonyl (C=O) groups is 3. The number of hydrogen-bond donors (Lipinski definition) is 3. The van der Waals surface area contributed by atoms with E-state index in [0.29, 0.717) is 6.42 Å². The van der Waals surface area contributed by atoms with E-state index in [1.54, 1.807) is 19.1 Å². The number of amides is 2. The molecule has 0 saturated carbocycles. The zero-order valence-electron chi connectivity index (χ0n) is 14.0. The van der Waals surface area contributed by atoms with Gasteiger partial charge in [0.25, 0.3) is 0 Å². The predicted molar refractivity (Wildman–Crippen MR) is 94.3 cm³/mol. The van der Waals surface area contributed by atoms with Crippen LogP contribution in [0.2, 0.25) is 0 Å². The van der Waals surface area contributed by atoms with Crippen molar-refractivity contribution in [1.29, 1.82) is 0 Å². The monoisotopic (exact) mass is 398 g/mol.